The van der Waals surface area contributed by atoms with Crippen LogP contribution < -0.4 is 5.32 Å². The second kappa shape index (κ2) is 5.83. The van der Waals surface area contributed by atoms with Crippen molar-refractivity contribution in [2.45, 2.75) is 52.1 Å². The van der Waals surface area contributed by atoms with Crippen LogP contribution in [0.4, 0.5) is 4.39 Å². The molecule has 2 rings (SSSR count). The fourth-order valence-corrected chi connectivity index (χ4v) is 3.30. The standard InChI is InChI=1S/C16H24FN/c1-4-13-9-10-16(11(13)2)18-12(3)14-7-5-6-8-15(14)17/h5-8,11-13,16,18H,4,9-10H2,1-3H3. The van der Waals surface area contributed by atoms with E-state index in [1.807, 2.05) is 12.1 Å². The molecule has 0 heterocycles. The molecule has 4 unspecified atom stereocenters. The van der Waals surface area contributed by atoms with Gasteiger partial charge in [0.2, 0.25) is 0 Å². The van der Waals surface area contributed by atoms with Crippen molar-refractivity contribution >= 4 is 0 Å². The van der Waals surface area contributed by atoms with Gasteiger partial charge >= 0.3 is 0 Å². The number of hydrogen-bond acceptors (Lipinski definition) is 1. The molecule has 0 radical (unpaired) electrons. The van der Waals surface area contributed by atoms with Gasteiger partial charge in [0.15, 0.2) is 0 Å². The van der Waals surface area contributed by atoms with Crippen LogP contribution in [0.3, 0.4) is 0 Å². The van der Waals surface area contributed by atoms with E-state index in [2.05, 4.69) is 26.1 Å². The molecule has 1 aliphatic carbocycles. The Morgan fingerprint density at radius 2 is 2.06 bits per heavy atom. The van der Waals surface area contributed by atoms with Gasteiger partial charge in [0, 0.05) is 17.6 Å². The highest BCUT2D eigenvalue weighted by atomic mass is 19.1. The summed E-state index contributed by atoms with van der Waals surface area (Å²) in [6.07, 6.45) is 3.78. The minimum Gasteiger partial charge on any atom is -0.307 e. The van der Waals surface area contributed by atoms with Gasteiger partial charge in [-0.15, -0.1) is 0 Å². The SMILES string of the molecule is CCC1CCC(NC(C)c2ccccc2F)C1C. The molecule has 1 N–H and O–H groups in total. The first-order valence-electron chi connectivity index (χ1n) is 7.14. The molecule has 0 aromatic heterocycles. The zero-order valence-electron chi connectivity index (χ0n) is 11.6. The number of nitrogens with one attached hydrogen (secondary N) is 1. The first-order chi connectivity index (χ1) is 8.63. The van der Waals surface area contributed by atoms with Crippen molar-refractivity contribution in [2.75, 3.05) is 0 Å². The summed E-state index contributed by atoms with van der Waals surface area (Å²) in [5, 5.41) is 3.61. The fraction of sp³-hybridized carbons (Fsp3) is 0.625. The highest BCUT2D eigenvalue weighted by molar-refractivity contribution is 5.20. The summed E-state index contributed by atoms with van der Waals surface area (Å²) in [6.45, 7) is 6.65. The summed E-state index contributed by atoms with van der Waals surface area (Å²) in [6, 6.07) is 7.70. The van der Waals surface area contributed by atoms with Gasteiger partial charge < -0.3 is 5.32 Å². The minimum absolute atomic E-state index is 0.0919. The Balaban J connectivity index is 2.00. The van der Waals surface area contributed by atoms with E-state index in [1.54, 1.807) is 12.1 Å². The van der Waals surface area contributed by atoms with Gasteiger partial charge in [0.25, 0.3) is 0 Å². The van der Waals surface area contributed by atoms with Gasteiger partial charge in [-0.1, -0.05) is 38.5 Å². The first kappa shape index (κ1) is 13.5. The third kappa shape index (κ3) is 2.74. The molecule has 100 valence electrons. The molecule has 1 aromatic carbocycles. The summed E-state index contributed by atoms with van der Waals surface area (Å²) in [7, 11) is 0. The number of hydrogen-bond donors (Lipinski definition) is 1. The van der Waals surface area contributed by atoms with Crippen molar-refractivity contribution in [2.24, 2.45) is 11.8 Å². The molecule has 0 amide bonds. The summed E-state index contributed by atoms with van der Waals surface area (Å²) >= 11 is 0. The van der Waals surface area contributed by atoms with Crippen LogP contribution >= 0.6 is 0 Å². The van der Waals surface area contributed by atoms with Crippen molar-refractivity contribution in [1.82, 2.24) is 5.32 Å². The zero-order valence-corrected chi connectivity index (χ0v) is 11.6. The van der Waals surface area contributed by atoms with Gasteiger partial charge in [-0.3, -0.25) is 0 Å². The molecule has 0 bridgehead atoms. The largest absolute Gasteiger partial charge is 0.307 e. The molecule has 4 atom stereocenters. The Morgan fingerprint density at radius 3 is 2.67 bits per heavy atom. The zero-order chi connectivity index (χ0) is 13.1. The van der Waals surface area contributed by atoms with Gasteiger partial charge in [-0.05, 0) is 37.7 Å². The Morgan fingerprint density at radius 1 is 1.33 bits per heavy atom. The molecule has 1 saturated carbocycles. The lowest BCUT2D eigenvalue weighted by Gasteiger charge is -2.25. The van der Waals surface area contributed by atoms with Crippen LogP contribution in [0.1, 0.15) is 51.6 Å². The molecule has 0 spiro atoms. The van der Waals surface area contributed by atoms with Crippen molar-refractivity contribution in [1.29, 1.82) is 0 Å². The summed E-state index contributed by atoms with van der Waals surface area (Å²) in [4.78, 5) is 0. The van der Waals surface area contributed by atoms with Gasteiger partial charge in [0.05, 0.1) is 0 Å². The average Bonchev–Trinajstić information content (AvgIpc) is 2.71. The van der Waals surface area contributed by atoms with E-state index in [9.17, 15) is 4.39 Å². The fourth-order valence-electron chi connectivity index (χ4n) is 3.30. The van der Waals surface area contributed by atoms with Crippen molar-refractivity contribution in [3.05, 3.63) is 35.6 Å². The minimum atomic E-state index is -0.102. The quantitative estimate of drug-likeness (QED) is 0.839. The molecule has 0 saturated heterocycles. The normalized spacial score (nSPS) is 29.4. The molecule has 1 fully saturated rings. The lowest BCUT2D eigenvalue weighted by molar-refractivity contribution is 0.325. The maximum absolute atomic E-state index is 13.7. The van der Waals surface area contributed by atoms with Crippen LogP contribution in [-0.2, 0) is 0 Å². The highest BCUT2D eigenvalue weighted by Crippen LogP contribution is 2.35. The smallest absolute Gasteiger partial charge is 0.127 e. The van der Waals surface area contributed by atoms with Crippen molar-refractivity contribution in [3.63, 3.8) is 0 Å². The van der Waals surface area contributed by atoms with Crippen molar-refractivity contribution in [3.8, 4) is 0 Å². The van der Waals surface area contributed by atoms with Crippen LogP contribution in [0, 0.1) is 17.7 Å². The lowest BCUT2D eigenvalue weighted by atomic mass is 9.93. The molecule has 18 heavy (non-hydrogen) atoms. The molecule has 2 heteroatoms. The number of halogens is 1. The Kier molecular flexibility index (Phi) is 4.39. The van der Waals surface area contributed by atoms with Gasteiger partial charge in [-0.25, -0.2) is 4.39 Å². The van der Waals surface area contributed by atoms with Crippen LogP contribution in [-0.4, -0.2) is 6.04 Å². The van der Waals surface area contributed by atoms with Gasteiger partial charge in [0.1, 0.15) is 5.82 Å². The van der Waals surface area contributed by atoms with E-state index in [0.29, 0.717) is 12.0 Å². The van der Waals surface area contributed by atoms with E-state index in [0.717, 1.165) is 11.5 Å². The van der Waals surface area contributed by atoms with E-state index >= 15 is 0 Å². The monoisotopic (exact) mass is 249 g/mol. The van der Waals surface area contributed by atoms with Gasteiger partial charge in [-0.2, -0.15) is 0 Å². The maximum Gasteiger partial charge on any atom is 0.127 e. The molecule has 0 aliphatic heterocycles. The average molecular weight is 249 g/mol. The van der Waals surface area contributed by atoms with Crippen LogP contribution in [0.25, 0.3) is 0 Å². The summed E-state index contributed by atoms with van der Waals surface area (Å²) in [5.74, 6) is 1.43. The first-order valence-corrected chi connectivity index (χ1v) is 7.14. The molecule has 1 aromatic rings. The van der Waals surface area contributed by atoms with E-state index in [1.165, 1.54) is 19.3 Å². The number of rotatable bonds is 4. The molecule has 1 aliphatic rings. The van der Waals surface area contributed by atoms with Crippen LogP contribution in [0.5, 0.6) is 0 Å². The third-order valence-corrected chi connectivity index (χ3v) is 4.59. The lowest BCUT2D eigenvalue weighted by Crippen LogP contribution is -2.35. The van der Waals surface area contributed by atoms with Crippen LogP contribution in [0.15, 0.2) is 24.3 Å². The number of benzene rings is 1. The van der Waals surface area contributed by atoms with E-state index in [-0.39, 0.29) is 11.9 Å². The van der Waals surface area contributed by atoms with Crippen LogP contribution in [0.2, 0.25) is 0 Å². The Labute approximate surface area is 110 Å². The van der Waals surface area contributed by atoms with E-state index in [4.69, 9.17) is 0 Å². The molecule has 1 nitrogen and oxygen atoms in total. The predicted octanol–water partition coefficient (Wildman–Crippen LogP) is 4.30. The Hall–Kier alpha value is -0.890. The van der Waals surface area contributed by atoms with Crippen molar-refractivity contribution < 1.29 is 4.39 Å². The topological polar surface area (TPSA) is 12.0 Å². The highest BCUT2D eigenvalue weighted by Gasteiger charge is 2.32. The maximum atomic E-state index is 13.7. The molecular weight excluding hydrogens is 225 g/mol. The summed E-state index contributed by atoms with van der Waals surface area (Å²) in [5.41, 5.74) is 0.782. The molecular formula is C16H24FN. The second-order valence-electron chi connectivity index (χ2n) is 5.62. The third-order valence-electron chi connectivity index (χ3n) is 4.59. The Bertz CT molecular complexity index is 390. The predicted molar refractivity (Wildman–Crippen MR) is 73.9 cm³/mol. The second-order valence-corrected chi connectivity index (χ2v) is 5.62. The summed E-state index contributed by atoms with van der Waals surface area (Å²) < 4.78 is 13.7. The van der Waals surface area contributed by atoms with E-state index < -0.39 is 0 Å².